The van der Waals surface area contributed by atoms with Crippen molar-refractivity contribution < 1.29 is 18.8 Å². The summed E-state index contributed by atoms with van der Waals surface area (Å²) in [4.78, 5) is 40.3. The number of carbonyl (C=O) groups excluding carboxylic acids is 3. The van der Waals surface area contributed by atoms with E-state index in [4.69, 9.17) is 0 Å². The number of ketones is 1. The second kappa shape index (κ2) is 10.5. The highest BCUT2D eigenvalue weighted by atomic mass is 19.1. The molecule has 0 bridgehead atoms. The number of likely N-dealkylation sites (tertiary alicyclic amines) is 1. The molecule has 180 valence electrons. The van der Waals surface area contributed by atoms with Crippen LogP contribution < -0.4 is 10.6 Å². The molecule has 0 spiro atoms. The van der Waals surface area contributed by atoms with Gasteiger partial charge in [0.15, 0.2) is 5.78 Å². The van der Waals surface area contributed by atoms with Crippen LogP contribution in [0, 0.1) is 5.82 Å². The van der Waals surface area contributed by atoms with Crippen LogP contribution in [-0.2, 0) is 14.4 Å². The van der Waals surface area contributed by atoms with Crippen LogP contribution in [0.5, 0.6) is 0 Å². The van der Waals surface area contributed by atoms with E-state index in [-0.39, 0.29) is 41.9 Å². The zero-order valence-corrected chi connectivity index (χ0v) is 19.8. The van der Waals surface area contributed by atoms with E-state index in [2.05, 4.69) is 10.6 Å². The van der Waals surface area contributed by atoms with Crippen molar-refractivity contribution in [3.05, 3.63) is 59.4 Å². The lowest BCUT2D eigenvalue weighted by Crippen LogP contribution is -2.46. The lowest BCUT2D eigenvalue weighted by molar-refractivity contribution is -0.134. The molecule has 0 aliphatic carbocycles. The third kappa shape index (κ3) is 5.04. The number of amides is 2. The van der Waals surface area contributed by atoms with Crippen LogP contribution in [0.25, 0.3) is 11.1 Å². The van der Waals surface area contributed by atoms with Crippen LogP contribution in [0.2, 0.25) is 0 Å². The Morgan fingerprint density at radius 2 is 1.85 bits per heavy atom. The molecule has 2 aliphatic rings. The molecule has 7 heteroatoms. The van der Waals surface area contributed by atoms with E-state index in [1.807, 2.05) is 32.0 Å². The highest BCUT2D eigenvalue weighted by molar-refractivity contribution is 5.96. The third-order valence-electron chi connectivity index (χ3n) is 6.70. The molecule has 2 unspecified atom stereocenters. The Labute approximate surface area is 199 Å². The molecule has 2 atom stereocenters. The minimum atomic E-state index is -1.06. The molecular weight excluding hydrogens is 433 g/mol. The molecule has 2 aromatic carbocycles. The fourth-order valence-corrected chi connectivity index (χ4v) is 4.83. The Morgan fingerprint density at radius 1 is 1.12 bits per heavy atom. The molecule has 2 aromatic rings. The number of hydrogen-bond acceptors (Lipinski definition) is 4. The standard InChI is InChI=1S/C27H32FN3O3/c1-17(2)19-12-13-20(24(25(19)28)18-8-4-3-5-9-18)26(30-27(34)21-10-6-14-29-21)22(32)16-31-15-7-11-23(31)33/h3-5,8-9,12-13,17,21,26,29H,6-7,10-11,14-16H2,1-2H3,(H,30,34). The molecule has 2 aliphatic heterocycles. The van der Waals surface area contributed by atoms with Crippen LogP contribution in [0.1, 0.15) is 62.6 Å². The summed E-state index contributed by atoms with van der Waals surface area (Å²) in [6.45, 7) is 4.99. The van der Waals surface area contributed by atoms with Crippen LogP contribution in [0.4, 0.5) is 4.39 Å². The lowest BCUT2D eigenvalue weighted by atomic mass is 9.87. The fraction of sp³-hybridized carbons (Fsp3) is 0.444. The van der Waals surface area contributed by atoms with Crippen LogP contribution >= 0.6 is 0 Å². The Balaban J connectivity index is 1.77. The highest BCUT2D eigenvalue weighted by Gasteiger charge is 2.33. The van der Waals surface area contributed by atoms with Gasteiger partial charge in [0.05, 0.1) is 12.6 Å². The van der Waals surface area contributed by atoms with Gasteiger partial charge in [-0.3, -0.25) is 14.4 Å². The topological polar surface area (TPSA) is 78.5 Å². The average molecular weight is 466 g/mol. The van der Waals surface area contributed by atoms with Crippen molar-refractivity contribution in [3.8, 4) is 11.1 Å². The normalized spacial score (nSPS) is 19.0. The summed E-state index contributed by atoms with van der Waals surface area (Å²) in [5.41, 5.74) is 1.92. The van der Waals surface area contributed by atoms with Gasteiger partial charge in [0.2, 0.25) is 11.8 Å². The van der Waals surface area contributed by atoms with Gasteiger partial charge in [-0.25, -0.2) is 4.39 Å². The molecule has 2 heterocycles. The number of benzene rings is 2. The second-order valence-corrected chi connectivity index (χ2v) is 9.43. The molecule has 2 N–H and O–H groups in total. The highest BCUT2D eigenvalue weighted by Crippen LogP contribution is 2.36. The van der Waals surface area contributed by atoms with Gasteiger partial charge in [-0.1, -0.05) is 56.3 Å². The third-order valence-corrected chi connectivity index (χ3v) is 6.70. The molecular formula is C27H32FN3O3. The van der Waals surface area contributed by atoms with E-state index in [0.717, 1.165) is 13.0 Å². The van der Waals surface area contributed by atoms with Crippen LogP contribution in [-0.4, -0.2) is 48.2 Å². The Kier molecular flexibility index (Phi) is 7.41. The molecule has 0 aromatic heterocycles. The summed E-state index contributed by atoms with van der Waals surface area (Å²) >= 11 is 0. The van der Waals surface area contributed by atoms with E-state index in [1.54, 1.807) is 24.3 Å². The minimum Gasteiger partial charge on any atom is -0.341 e. The zero-order chi connectivity index (χ0) is 24.2. The predicted molar refractivity (Wildman–Crippen MR) is 129 cm³/mol. The van der Waals surface area contributed by atoms with E-state index in [1.165, 1.54) is 4.90 Å². The lowest BCUT2D eigenvalue weighted by Gasteiger charge is -2.26. The molecule has 6 nitrogen and oxygen atoms in total. The van der Waals surface area contributed by atoms with Gasteiger partial charge in [-0.15, -0.1) is 0 Å². The summed E-state index contributed by atoms with van der Waals surface area (Å²) in [6, 6.07) is 11.1. The van der Waals surface area contributed by atoms with Gasteiger partial charge in [0.25, 0.3) is 0 Å². The number of Topliss-reactive ketones (excluding diaryl/α,β-unsaturated/α-hetero) is 1. The van der Waals surface area contributed by atoms with Gasteiger partial charge >= 0.3 is 0 Å². The van der Waals surface area contributed by atoms with Crippen molar-refractivity contribution in [3.63, 3.8) is 0 Å². The van der Waals surface area contributed by atoms with Gasteiger partial charge < -0.3 is 15.5 Å². The zero-order valence-electron chi connectivity index (χ0n) is 19.8. The first-order valence-corrected chi connectivity index (χ1v) is 12.1. The maximum atomic E-state index is 15.9. The first-order chi connectivity index (χ1) is 16.4. The van der Waals surface area contributed by atoms with Crippen molar-refractivity contribution in [1.82, 2.24) is 15.5 Å². The van der Waals surface area contributed by atoms with Crippen molar-refractivity contribution in [2.45, 2.75) is 57.5 Å². The van der Waals surface area contributed by atoms with Gasteiger partial charge in [0, 0.05) is 18.5 Å². The second-order valence-electron chi connectivity index (χ2n) is 9.43. The predicted octanol–water partition coefficient (Wildman–Crippen LogP) is 3.72. The van der Waals surface area contributed by atoms with E-state index in [0.29, 0.717) is 48.1 Å². The largest absolute Gasteiger partial charge is 0.341 e. The molecule has 2 saturated heterocycles. The fourth-order valence-electron chi connectivity index (χ4n) is 4.83. The molecule has 0 saturated carbocycles. The van der Waals surface area contributed by atoms with Crippen LogP contribution in [0.3, 0.4) is 0 Å². The number of nitrogens with zero attached hydrogens (tertiary/aromatic N) is 1. The van der Waals surface area contributed by atoms with Crippen LogP contribution in [0.15, 0.2) is 42.5 Å². The van der Waals surface area contributed by atoms with Gasteiger partial charge in [-0.2, -0.15) is 0 Å². The minimum absolute atomic E-state index is 0.0508. The monoisotopic (exact) mass is 465 g/mol. The summed E-state index contributed by atoms with van der Waals surface area (Å²) in [7, 11) is 0. The molecule has 4 rings (SSSR count). The van der Waals surface area contributed by atoms with Crippen molar-refractivity contribution in [2.24, 2.45) is 0 Å². The quantitative estimate of drug-likeness (QED) is 0.623. The molecule has 2 amide bonds. The number of carbonyl (C=O) groups is 3. The maximum Gasteiger partial charge on any atom is 0.237 e. The molecule has 34 heavy (non-hydrogen) atoms. The van der Waals surface area contributed by atoms with Crippen molar-refractivity contribution >= 4 is 17.6 Å². The average Bonchev–Trinajstić information content (AvgIpc) is 3.50. The Bertz CT molecular complexity index is 1060. The summed E-state index contributed by atoms with van der Waals surface area (Å²) in [6.07, 6.45) is 2.70. The first kappa shape index (κ1) is 24.1. The van der Waals surface area contributed by atoms with E-state index >= 15 is 4.39 Å². The van der Waals surface area contributed by atoms with Crippen molar-refractivity contribution in [2.75, 3.05) is 19.6 Å². The van der Waals surface area contributed by atoms with E-state index < -0.39 is 6.04 Å². The van der Waals surface area contributed by atoms with Crippen molar-refractivity contribution in [1.29, 1.82) is 0 Å². The number of rotatable bonds is 8. The Hall–Kier alpha value is -3.06. The maximum absolute atomic E-state index is 15.9. The SMILES string of the molecule is CC(C)c1ccc(C(NC(=O)C2CCCN2)C(=O)CN2CCCC2=O)c(-c2ccccc2)c1F. The number of hydrogen-bond donors (Lipinski definition) is 2. The Morgan fingerprint density at radius 3 is 2.47 bits per heavy atom. The summed E-state index contributed by atoms with van der Waals surface area (Å²) < 4.78 is 15.9. The smallest absolute Gasteiger partial charge is 0.237 e. The number of nitrogens with one attached hydrogen (secondary N) is 2. The van der Waals surface area contributed by atoms with Gasteiger partial charge in [0.1, 0.15) is 11.9 Å². The summed E-state index contributed by atoms with van der Waals surface area (Å²) in [5.74, 6) is -1.11. The number of halogens is 1. The molecule has 0 radical (unpaired) electrons. The first-order valence-electron chi connectivity index (χ1n) is 12.1. The molecule has 2 fully saturated rings. The summed E-state index contributed by atoms with van der Waals surface area (Å²) in [5, 5.41) is 6.05. The van der Waals surface area contributed by atoms with E-state index in [9.17, 15) is 14.4 Å². The van der Waals surface area contributed by atoms with Gasteiger partial charge in [-0.05, 0) is 48.4 Å².